The first-order valence-corrected chi connectivity index (χ1v) is 19.9. The number of para-hydroxylation sites is 1. The highest BCUT2D eigenvalue weighted by molar-refractivity contribution is 7.22. The zero-order chi connectivity index (χ0) is 38.5. The van der Waals surface area contributed by atoms with Crippen molar-refractivity contribution in [3.63, 3.8) is 0 Å². The van der Waals surface area contributed by atoms with Crippen LogP contribution in [-0.4, -0.2) is 77.2 Å². The molecule has 2 aliphatic heterocycles. The van der Waals surface area contributed by atoms with Crippen molar-refractivity contribution >= 4 is 50.3 Å². The lowest BCUT2D eigenvalue weighted by atomic mass is 9.88. The lowest BCUT2D eigenvalue weighted by Crippen LogP contribution is -2.38. The number of hydrogen-bond donors (Lipinski definition) is 2. The molecule has 3 aromatic carbocycles. The molecule has 0 radical (unpaired) electrons. The van der Waals surface area contributed by atoms with Crippen molar-refractivity contribution in [3.05, 3.63) is 101 Å². The third-order valence-electron chi connectivity index (χ3n) is 10.6. The van der Waals surface area contributed by atoms with E-state index in [-0.39, 0.29) is 17.6 Å². The van der Waals surface area contributed by atoms with Crippen LogP contribution in [0, 0.1) is 18.8 Å². The summed E-state index contributed by atoms with van der Waals surface area (Å²) in [6.45, 7) is 10.2. The highest BCUT2D eigenvalue weighted by Gasteiger charge is 2.26. The molecule has 1 saturated heterocycles. The van der Waals surface area contributed by atoms with Crippen LogP contribution >= 0.6 is 11.3 Å². The smallest absolute Gasteiger partial charge is 0.355 e. The molecule has 0 saturated carbocycles. The van der Waals surface area contributed by atoms with E-state index in [4.69, 9.17) is 9.47 Å². The number of nitrogens with zero attached hydrogens (tertiary/aromatic N) is 4. The van der Waals surface area contributed by atoms with Crippen LogP contribution in [-0.2, 0) is 22.5 Å². The van der Waals surface area contributed by atoms with Gasteiger partial charge in [0.15, 0.2) is 10.8 Å². The Hall–Kier alpha value is -5.33. The molecule has 0 aliphatic carbocycles. The first-order chi connectivity index (χ1) is 26.6. The molecule has 1 amide bonds. The maximum absolute atomic E-state index is 13.5. The maximum atomic E-state index is 13.5. The summed E-state index contributed by atoms with van der Waals surface area (Å²) < 4.78 is 12.3. The van der Waals surface area contributed by atoms with Crippen LogP contribution in [0.25, 0.3) is 21.3 Å². The van der Waals surface area contributed by atoms with E-state index in [1.54, 1.807) is 0 Å². The molecule has 1 atom stereocenters. The number of aromatic nitrogens is 2. The lowest BCUT2D eigenvalue weighted by Gasteiger charge is -2.32. The molecule has 0 spiro atoms. The van der Waals surface area contributed by atoms with Gasteiger partial charge in [0.1, 0.15) is 11.6 Å². The van der Waals surface area contributed by atoms with Gasteiger partial charge in [-0.05, 0) is 129 Å². The van der Waals surface area contributed by atoms with Gasteiger partial charge in [-0.15, -0.1) is 0 Å². The third kappa shape index (κ3) is 8.98. The fraction of sp³-hybridized carbons (Fsp3) is 0.372. The van der Waals surface area contributed by atoms with Gasteiger partial charge in [-0.1, -0.05) is 48.6 Å². The topological polar surface area (TPSA) is 134 Å². The zero-order valence-corrected chi connectivity index (χ0v) is 32.4. The number of amides is 1. The number of carbonyl (C=O) groups excluding carboxylic acids is 2. The molecule has 55 heavy (non-hydrogen) atoms. The van der Waals surface area contributed by atoms with Crippen molar-refractivity contribution in [1.82, 2.24) is 14.9 Å². The summed E-state index contributed by atoms with van der Waals surface area (Å²) in [5.41, 5.74) is 5.58. The predicted octanol–water partition coefficient (Wildman–Crippen LogP) is 7.86. The molecule has 7 rings (SSSR count). The normalized spacial score (nSPS) is 15.4. The minimum atomic E-state index is -1.11. The van der Waals surface area contributed by atoms with Crippen molar-refractivity contribution in [2.24, 2.45) is 11.8 Å². The summed E-state index contributed by atoms with van der Waals surface area (Å²) >= 11 is 1.43. The van der Waals surface area contributed by atoms with Crippen LogP contribution in [0.1, 0.15) is 70.6 Å². The number of anilines is 2. The van der Waals surface area contributed by atoms with Crippen molar-refractivity contribution in [1.29, 1.82) is 0 Å². The number of ether oxygens (including phenoxy) is 2. The van der Waals surface area contributed by atoms with Crippen molar-refractivity contribution in [3.8, 4) is 16.9 Å². The molecule has 12 heteroatoms. The minimum Gasteiger partial charge on any atom is -0.493 e. The Morgan fingerprint density at radius 2 is 1.78 bits per heavy atom. The largest absolute Gasteiger partial charge is 0.493 e. The van der Waals surface area contributed by atoms with Gasteiger partial charge in [0.05, 0.1) is 30.0 Å². The Labute approximate surface area is 325 Å². The summed E-state index contributed by atoms with van der Waals surface area (Å²) in [6, 6.07) is 23.0. The van der Waals surface area contributed by atoms with Crippen molar-refractivity contribution in [2.45, 2.75) is 53.0 Å². The molecule has 4 heterocycles. The van der Waals surface area contributed by atoms with E-state index in [9.17, 15) is 19.5 Å². The van der Waals surface area contributed by atoms with Crippen molar-refractivity contribution < 1.29 is 29.0 Å². The molecule has 2 aromatic heterocycles. The predicted molar refractivity (Wildman–Crippen MR) is 215 cm³/mol. The highest BCUT2D eigenvalue weighted by atomic mass is 32.1. The van der Waals surface area contributed by atoms with Gasteiger partial charge in [-0.25, -0.2) is 14.8 Å². The van der Waals surface area contributed by atoms with E-state index < -0.39 is 5.97 Å². The Bertz CT molecular complexity index is 2160. The van der Waals surface area contributed by atoms with E-state index in [1.807, 2.05) is 91.5 Å². The lowest BCUT2D eigenvalue weighted by molar-refractivity contribution is -0.144. The van der Waals surface area contributed by atoms with Crippen LogP contribution < -0.4 is 15.0 Å². The zero-order valence-electron chi connectivity index (χ0n) is 31.5. The second-order valence-electron chi connectivity index (χ2n) is 14.6. The average molecular weight is 762 g/mol. The number of nitrogens with one attached hydrogen (secondary N) is 1. The SMILES string of the molecule is CCOC(=O)CN1CCC(C[C@@H](C)COc2ccc(-c3ccc(N4CCc5cccc(C(=O)Nc6nc7ccccc7s6)c5C4)nc3C(=O)O)c(C)c2)CC1. The Kier molecular flexibility index (Phi) is 11.7. The molecule has 2 N–H and O–H groups in total. The maximum Gasteiger partial charge on any atom is 0.355 e. The molecular weight excluding hydrogens is 715 g/mol. The van der Waals surface area contributed by atoms with Crippen LogP contribution in [0.5, 0.6) is 5.75 Å². The molecule has 0 unspecified atom stereocenters. The number of thiazole rings is 1. The summed E-state index contributed by atoms with van der Waals surface area (Å²) in [6.07, 6.45) is 3.88. The molecule has 1 fully saturated rings. The number of benzene rings is 3. The Morgan fingerprint density at radius 1 is 0.982 bits per heavy atom. The highest BCUT2D eigenvalue weighted by Crippen LogP contribution is 2.34. The fourth-order valence-electron chi connectivity index (χ4n) is 7.76. The second-order valence-corrected chi connectivity index (χ2v) is 15.6. The van der Waals surface area contributed by atoms with Crippen LogP contribution in [0.3, 0.4) is 0 Å². The van der Waals surface area contributed by atoms with Gasteiger partial charge in [0.2, 0.25) is 0 Å². The average Bonchev–Trinajstić information content (AvgIpc) is 3.59. The van der Waals surface area contributed by atoms with Gasteiger partial charge in [0.25, 0.3) is 5.91 Å². The summed E-state index contributed by atoms with van der Waals surface area (Å²) in [5, 5.41) is 13.9. The van der Waals surface area contributed by atoms with Gasteiger partial charge < -0.3 is 19.5 Å². The number of carboxylic acid groups (broad SMARTS) is 1. The van der Waals surface area contributed by atoms with Gasteiger partial charge in [-0.3, -0.25) is 19.8 Å². The Balaban J connectivity index is 0.988. The number of rotatable bonds is 13. The van der Waals surface area contributed by atoms with Gasteiger partial charge >= 0.3 is 11.9 Å². The molecule has 2 aliphatic rings. The molecule has 5 aromatic rings. The van der Waals surface area contributed by atoms with Crippen LogP contribution in [0.2, 0.25) is 0 Å². The van der Waals surface area contributed by atoms with E-state index in [1.165, 1.54) is 11.3 Å². The van der Waals surface area contributed by atoms with Gasteiger partial charge in [-0.2, -0.15) is 0 Å². The first kappa shape index (κ1) is 38.0. The number of fused-ring (bicyclic) bond motifs is 2. The van der Waals surface area contributed by atoms with Gasteiger partial charge in [0, 0.05) is 24.2 Å². The van der Waals surface area contributed by atoms with E-state index in [0.717, 1.165) is 70.6 Å². The number of hydrogen-bond acceptors (Lipinski definition) is 10. The van der Waals surface area contributed by atoms with Crippen molar-refractivity contribution in [2.75, 3.05) is 49.6 Å². The second kappa shape index (κ2) is 17.0. The standard InChI is InChI=1S/C43H47N5O6S/c1-4-53-39(49)25-47-19-16-29(17-20-47)22-27(2)26-54-31-12-13-32(28(3)23-31)33-14-15-38(45-40(33)42(51)52)48-21-18-30-8-7-9-34(35(30)24-48)41(50)46-43-44-36-10-5-6-11-37(36)55-43/h5-15,23,27,29H,4,16-22,24-26H2,1-3H3,(H,51,52)(H,44,46,50)/t27-/m1/s1. The number of esters is 1. The molecule has 11 nitrogen and oxygen atoms in total. The molecular formula is C43H47N5O6S. The minimum absolute atomic E-state index is 0.0242. The number of aromatic carboxylic acids is 1. The van der Waals surface area contributed by atoms with Crippen LogP contribution in [0.4, 0.5) is 10.9 Å². The first-order valence-electron chi connectivity index (χ1n) is 19.0. The number of carboxylic acids is 1. The summed E-state index contributed by atoms with van der Waals surface area (Å²) in [4.78, 5) is 51.5. The fourth-order valence-corrected chi connectivity index (χ4v) is 8.62. The number of likely N-dealkylation sites (tertiary alicyclic amines) is 1. The summed E-state index contributed by atoms with van der Waals surface area (Å²) in [5.74, 6) is 0.767. The monoisotopic (exact) mass is 761 g/mol. The summed E-state index contributed by atoms with van der Waals surface area (Å²) in [7, 11) is 0. The van der Waals surface area contributed by atoms with Crippen LogP contribution in [0.15, 0.2) is 72.8 Å². The number of aryl methyl sites for hydroxylation is 1. The van der Waals surface area contributed by atoms with E-state index in [2.05, 4.69) is 27.1 Å². The molecule has 286 valence electrons. The Morgan fingerprint density at radius 3 is 2.55 bits per heavy atom. The number of piperidine rings is 1. The number of pyridine rings is 1. The number of carbonyl (C=O) groups is 3. The third-order valence-corrected chi connectivity index (χ3v) is 11.5. The molecule has 0 bridgehead atoms. The quantitative estimate of drug-likeness (QED) is 0.114. The van der Waals surface area contributed by atoms with E-state index >= 15 is 0 Å². The van der Waals surface area contributed by atoms with E-state index in [0.29, 0.717) is 73.2 Å².